The summed E-state index contributed by atoms with van der Waals surface area (Å²) in [6.07, 6.45) is 0. The topological polar surface area (TPSA) is 0 Å². The van der Waals surface area contributed by atoms with Crippen LogP contribution in [0.4, 0.5) is 0 Å². The Kier molecular flexibility index (Phi) is 6.19. The highest BCUT2D eigenvalue weighted by atomic mass is 14.5. The molecule has 262 valence electrons. The molecule has 0 saturated heterocycles. The van der Waals surface area contributed by atoms with Gasteiger partial charge in [0.25, 0.3) is 0 Å². The third-order valence-corrected chi connectivity index (χ3v) is 13.2. The lowest BCUT2D eigenvalue weighted by atomic mass is 9.69. The van der Waals surface area contributed by atoms with Gasteiger partial charge in [0.05, 0.1) is 5.41 Å². The number of hydrogen-bond donors (Lipinski definition) is 0. The molecule has 0 unspecified atom stereocenters. The zero-order chi connectivity index (χ0) is 37.2. The van der Waals surface area contributed by atoms with E-state index in [9.17, 15) is 0 Å². The Morgan fingerprint density at radius 3 is 1.30 bits per heavy atom. The Balaban J connectivity index is 1.24. The van der Waals surface area contributed by atoms with Crippen LogP contribution in [0.25, 0.3) is 98.4 Å². The van der Waals surface area contributed by atoms with Crippen molar-refractivity contribution in [2.75, 3.05) is 0 Å². The third kappa shape index (κ3) is 4.12. The van der Waals surface area contributed by atoms with E-state index in [-0.39, 0.29) is 0 Å². The molecule has 1 spiro atoms. The van der Waals surface area contributed by atoms with Crippen molar-refractivity contribution in [1.29, 1.82) is 0 Å². The zero-order valence-corrected chi connectivity index (χ0v) is 31.1. The molecule has 0 heteroatoms. The molecule has 0 saturated carbocycles. The van der Waals surface area contributed by atoms with Crippen LogP contribution in [0.1, 0.15) is 22.3 Å². The molecule has 11 aromatic carbocycles. The molecule has 2 aliphatic rings. The van der Waals surface area contributed by atoms with Crippen molar-refractivity contribution in [2.45, 2.75) is 5.41 Å². The maximum absolute atomic E-state index is 2.58. The lowest BCUT2D eigenvalue weighted by Gasteiger charge is -2.32. The molecule has 57 heavy (non-hydrogen) atoms. The van der Waals surface area contributed by atoms with E-state index < -0.39 is 5.41 Å². The van der Waals surface area contributed by atoms with Gasteiger partial charge in [-0.3, -0.25) is 0 Å². The number of hydrogen-bond acceptors (Lipinski definition) is 0. The first kappa shape index (κ1) is 31.0. The molecule has 0 heterocycles. The highest BCUT2D eigenvalue weighted by Gasteiger charge is 2.53. The van der Waals surface area contributed by atoms with Crippen LogP contribution in [-0.2, 0) is 5.41 Å². The van der Waals surface area contributed by atoms with Crippen LogP contribution in [0.15, 0.2) is 206 Å². The first-order chi connectivity index (χ1) is 28.3. The van der Waals surface area contributed by atoms with Crippen LogP contribution in [0, 0.1) is 0 Å². The summed E-state index contributed by atoms with van der Waals surface area (Å²) in [5, 5.41) is 12.7. The molecule has 11 aromatic rings. The smallest absolute Gasteiger partial charge is 0.0616 e. The average Bonchev–Trinajstić information content (AvgIpc) is 3.72. The summed E-state index contributed by atoms with van der Waals surface area (Å²) < 4.78 is 0. The lowest BCUT2D eigenvalue weighted by molar-refractivity contribution is 0.797. The maximum Gasteiger partial charge on any atom is 0.0726 e. The molecule has 0 nitrogen and oxygen atoms in total. The average molecular weight is 719 g/mol. The van der Waals surface area contributed by atoms with E-state index in [4.69, 9.17) is 0 Å². The van der Waals surface area contributed by atoms with Crippen molar-refractivity contribution >= 4 is 53.9 Å². The van der Waals surface area contributed by atoms with Gasteiger partial charge in [-0.2, -0.15) is 0 Å². The first-order valence-corrected chi connectivity index (χ1v) is 20.0. The summed E-state index contributed by atoms with van der Waals surface area (Å²) in [6.45, 7) is 0. The summed E-state index contributed by atoms with van der Waals surface area (Å²) >= 11 is 0. The van der Waals surface area contributed by atoms with Gasteiger partial charge in [0.2, 0.25) is 0 Å². The quantitative estimate of drug-likeness (QED) is 0.167. The Bertz CT molecular complexity index is 3430. The molecule has 0 aliphatic heterocycles. The second kappa shape index (κ2) is 11.4. The highest BCUT2D eigenvalue weighted by molar-refractivity contribution is 6.15. The van der Waals surface area contributed by atoms with Gasteiger partial charge in [0.15, 0.2) is 0 Å². The van der Waals surface area contributed by atoms with Gasteiger partial charge in [0, 0.05) is 0 Å². The summed E-state index contributed by atoms with van der Waals surface area (Å²) in [6, 6.07) is 78.0. The van der Waals surface area contributed by atoms with Gasteiger partial charge >= 0.3 is 0 Å². The molecule has 0 aromatic heterocycles. The maximum atomic E-state index is 2.58. The Morgan fingerprint density at radius 2 is 0.684 bits per heavy atom. The fourth-order valence-electron chi connectivity index (χ4n) is 10.8. The summed E-state index contributed by atoms with van der Waals surface area (Å²) in [5.41, 5.74) is 15.2. The molecule has 0 amide bonds. The predicted octanol–water partition coefficient (Wildman–Crippen LogP) is 15.1. The van der Waals surface area contributed by atoms with E-state index in [1.165, 1.54) is 121 Å². The largest absolute Gasteiger partial charge is 0.0726 e. The van der Waals surface area contributed by atoms with Gasteiger partial charge in [-0.25, -0.2) is 0 Å². The van der Waals surface area contributed by atoms with Crippen LogP contribution in [-0.4, -0.2) is 0 Å². The van der Waals surface area contributed by atoms with E-state index >= 15 is 0 Å². The Morgan fingerprint density at radius 1 is 0.228 bits per heavy atom. The Labute approximate surface area is 330 Å². The highest BCUT2D eigenvalue weighted by Crippen LogP contribution is 2.66. The van der Waals surface area contributed by atoms with Crippen LogP contribution < -0.4 is 0 Å². The van der Waals surface area contributed by atoms with Crippen molar-refractivity contribution in [1.82, 2.24) is 0 Å². The van der Waals surface area contributed by atoms with Gasteiger partial charge in [-0.05, 0) is 157 Å². The van der Waals surface area contributed by atoms with Crippen LogP contribution in [0.2, 0.25) is 0 Å². The normalized spacial score (nSPS) is 13.4. The van der Waals surface area contributed by atoms with Gasteiger partial charge in [-0.1, -0.05) is 170 Å². The number of rotatable bonds is 2. The van der Waals surface area contributed by atoms with Gasteiger partial charge in [0.1, 0.15) is 0 Å². The summed E-state index contributed by atoms with van der Waals surface area (Å²) in [7, 11) is 0. The predicted molar refractivity (Wildman–Crippen MR) is 241 cm³/mol. The minimum atomic E-state index is -0.562. The fourth-order valence-corrected chi connectivity index (χ4v) is 10.8. The molecular weight excluding hydrogens is 685 g/mol. The van der Waals surface area contributed by atoms with E-state index in [2.05, 4.69) is 206 Å². The molecule has 0 fully saturated rings. The number of fused-ring (bicyclic) bond motifs is 16. The molecule has 13 rings (SSSR count). The van der Waals surface area contributed by atoms with E-state index in [1.807, 2.05) is 0 Å². The Hall–Kier alpha value is -7.28. The first-order valence-electron chi connectivity index (χ1n) is 20.0. The minimum Gasteiger partial charge on any atom is -0.0616 e. The second-order valence-corrected chi connectivity index (χ2v) is 15.9. The van der Waals surface area contributed by atoms with Crippen molar-refractivity contribution < 1.29 is 0 Å². The fraction of sp³-hybridized carbons (Fsp3) is 0.0175. The van der Waals surface area contributed by atoms with E-state index in [1.54, 1.807) is 0 Å². The molecule has 0 radical (unpaired) electrons. The molecular formula is C57H34. The monoisotopic (exact) mass is 718 g/mol. The molecule has 0 bridgehead atoms. The van der Waals surface area contributed by atoms with Crippen LogP contribution in [0.3, 0.4) is 0 Å². The number of benzene rings is 11. The van der Waals surface area contributed by atoms with Crippen molar-refractivity contribution in [3.63, 3.8) is 0 Å². The van der Waals surface area contributed by atoms with E-state index in [0.29, 0.717) is 0 Å². The summed E-state index contributed by atoms with van der Waals surface area (Å²) in [5.74, 6) is 0. The summed E-state index contributed by atoms with van der Waals surface area (Å²) in [4.78, 5) is 0. The minimum absolute atomic E-state index is 0.562. The van der Waals surface area contributed by atoms with Gasteiger partial charge < -0.3 is 0 Å². The van der Waals surface area contributed by atoms with Gasteiger partial charge in [-0.15, -0.1) is 0 Å². The van der Waals surface area contributed by atoms with Crippen molar-refractivity contribution in [2.24, 2.45) is 0 Å². The molecule has 2 aliphatic carbocycles. The molecule has 0 atom stereocenters. The SMILES string of the molecule is c1ccc2cc3c(cc2c1)-c1cc2ccccc2cc1C31c2cc(-c3cccc4ccccc34)ccc2-c2c1cc(-c1cccc3ccccc13)c1ccccc21. The second-order valence-electron chi connectivity index (χ2n) is 15.9. The van der Waals surface area contributed by atoms with Crippen LogP contribution >= 0.6 is 0 Å². The molecule has 0 N–H and O–H groups in total. The van der Waals surface area contributed by atoms with Crippen molar-refractivity contribution in [3.05, 3.63) is 229 Å². The van der Waals surface area contributed by atoms with Crippen molar-refractivity contribution in [3.8, 4) is 44.5 Å². The van der Waals surface area contributed by atoms with Crippen LogP contribution in [0.5, 0.6) is 0 Å². The van der Waals surface area contributed by atoms with E-state index in [0.717, 1.165) is 0 Å². The zero-order valence-electron chi connectivity index (χ0n) is 31.1. The third-order valence-electron chi connectivity index (χ3n) is 13.2. The standard InChI is InChI=1S/C57H34/c1-3-17-39-31-53-50(29-37(39)15-1)51-30-38-16-2-4-18-40(38)32-54(51)57(53)52-33-41(44-25-11-19-35-13-5-7-21-42(35)44)27-28-48(52)56-47-24-10-9-23-46(47)49(34-55(56)57)45-26-12-20-36-14-6-8-22-43(36)45/h1-34H. The lowest BCUT2D eigenvalue weighted by Crippen LogP contribution is -2.26.